The second kappa shape index (κ2) is 7.65. The highest BCUT2D eigenvalue weighted by molar-refractivity contribution is 5.80. The van der Waals surface area contributed by atoms with Crippen molar-refractivity contribution in [1.29, 1.82) is 0 Å². The fourth-order valence-electron chi connectivity index (χ4n) is 2.42. The molecular formula is C20H16O7. The van der Waals surface area contributed by atoms with E-state index in [0.29, 0.717) is 22.3 Å². The molecule has 0 atom stereocenters. The van der Waals surface area contributed by atoms with Crippen molar-refractivity contribution in [3.63, 3.8) is 0 Å². The first-order chi connectivity index (χ1) is 13.0. The van der Waals surface area contributed by atoms with Gasteiger partial charge < -0.3 is 23.4 Å². The number of phenols is 1. The summed E-state index contributed by atoms with van der Waals surface area (Å²) >= 11 is 0. The van der Waals surface area contributed by atoms with Gasteiger partial charge in [-0.05, 0) is 36.4 Å². The number of hydrogen-bond acceptors (Lipinski definition) is 7. The molecule has 2 aromatic carbocycles. The van der Waals surface area contributed by atoms with Crippen LogP contribution in [-0.4, -0.2) is 19.3 Å². The molecule has 0 bridgehead atoms. The first-order valence-corrected chi connectivity index (χ1v) is 7.89. The van der Waals surface area contributed by atoms with Gasteiger partial charge in [-0.1, -0.05) is 0 Å². The highest BCUT2D eigenvalue weighted by atomic mass is 16.5. The monoisotopic (exact) mass is 368 g/mol. The largest absolute Gasteiger partial charge is 0.504 e. The van der Waals surface area contributed by atoms with Crippen molar-refractivity contribution in [3.05, 3.63) is 75.4 Å². The summed E-state index contributed by atoms with van der Waals surface area (Å²) in [6, 6.07) is 14.3. The number of ether oxygens (including phenoxy) is 2. The minimum atomic E-state index is -0.443. The van der Waals surface area contributed by atoms with Crippen LogP contribution in [-0.2, 0) is 0 Å². The zero-order valence-electron chi connectivity index (χ0n) is 14.6. The van der Waals surface area contributed by atoms with E-state index in [1.165, 1.54) is 25.3 Å². The molecule has 4 aromatic rings. The number of fused-ring (bicyclic) bond motifs is 2. The van der Waals surface area contributed by atoms with E-state index in [-0.39, 0.29) is 11.4 Å². The van der Waals surface area contributed by atoms with Gasteiger partial charge in [0.2, 0.25) is 0 Å². The number of phenolic OH excluding ortho intramolecular Hbond substituents is 1. The lowest BCUT2D eigenvalue weighted by Gasteiger charge is -2.03. The number of methoxy groups -OCH3 is 2. The second-order valence-electron chi connectivity index (χ2n) is 5.47. The van der Waals surface area contributed by atoms with Gasteiger partial charge in [0.25, 0.3) is 0 Å². The van der Waals surface area contributed by atoms with E-state index < -0.39 is 5.63 Å². The summed E-state index contributed by atoms with van der Waals surface area (Å²) in [5.41, 5.74) is 0.142. The van der Waals surface area contributed by atoms with Crippen LogP contribution >= 0.6 is 0 Å². The third-order valence-electron chi connectivity index (χ3n) is 3.75. The molecule has 138 valence electrons. The first-order valence-electron chi connectivity index (χ1n) is 7.89. The summed E-state index contributed by atoms with van der Waals surface area (Å²) in [7, 11) is 3.06. The fourth-order valence-corrected chi connectivity index (χ4v) is 2.42. The lowest BCUT2D eigenvalue weighted by Crippen LogP contribution is -1.94. The highest BCUT2D eigenvalue weighted by Gasteiger charge is 2.05. The molecule has 0 unspecified atom stereocenters. The summed E-state index contributed by atoms with van der Waals surface area (Å²) in [5, 5.41) is 11.0. The zero-order chi connectivity index (χ0) is 19.4. The third kappa shape index (κ3) is 4.09. The van der Waals surface area contributed by atoms with E-state index in [4.69, 9.17) is 18.3 Å². The Hall–Kier alpha value is -3.74. The van der Waals surface area contributed by atoms with Crippen molar-refractivity contribution in [2.24, 2.45) is 0 Å². The van der Waals surface area contributed by atoms with Gasteiger partial charge in [-0.3, -0.25) is 0 Å². The number of rotatable bonds is 2. The number of benzene rings is 2. The van der Waals surface area contributed by atoms with E-state index in [1.54, 1.807) is 37.4 Å². The lowest BCUT2D eigenvalue weighted by atomic mass is 10.2. The second-order valence-corrected chi connectivity index (χ2v) is 5.47. The van der Waals surface area contributed by atoms with Crippen molar-refractivity contribution in [2.45, 2.75) is 0 Å². The molecule has 7 heteroatoms. The summed E-state index contributed by atoms with van der Waals surface area (Å²) in [4.78, 5) is 21.7. The Morgan fingerprint density at radius 1 is 0.741 bits per heavy atom. The van der Waals surface area contributed by atoms with Crippen LogP contribution < -0.4 is 20.7 Å². The molecule has 0 amide bonds. The maximum atomic E-state index is 10.9. The van der Waals surface area contributed by atoms with Crippen LogP contribution in [0.1, 0.15) is 0 Å². The van der Waals surface area contributed by atoms with Gasteiger partial charge in [-0.2, -0.15) is 0 Å². The van der Waals surface area contributed by atoms with Crippen LogP contribution in [0.5, 0.6) is 17.2 Å². The van der Waals surface area contributed by atoms with Crippen LogP contribution in [0.2, 0.25) is 0 Å². The van der Waals surface area contributed by atoms with Gasteiger partial charge >= 0.3 is 11.3 Å². The van der Waals surface area contributed by atoms with E-state index in [1.807, 2.05) is 6.07 Å². The van der Waals surface area contributed by atoms with E-state index >= 15 is 0 Å². The molecule has 0 spiro atoms. The Labute approximate surface area is 153 Å². The fraction of sp³-hybridized carbons (Fsp3) is 0.100. The van der Waals surface area contributed by atoms with Crippen LogP contribution in [0.25, 0.3) is 21.9 Å². The minimum Gasteiger partial charge on any atom is -0.504 e. The molecule has 2 heterocycles. The van der Waals surface area contributed by atoms with Gasteiger partial charge in [0.1, 0.15) is 16.9 Å². The number of aromatic hydroxyl groups is 1. The van der Waals surface area contributed by atoms with Gasteiger partial charge in [-0.15, -0.1) is 0 Å². The molecule has 0 fully saturated rings. The van der Waals surface area contributed by atoms with Gasteiger partial charge in [0.05, 0.1) is 14.2 Å². The summed E-state index contributed by atoms with van der Waals surface area (Å²) in [5.74, 6) is 1.06. The molecule has 2 aromatic heterocycles. The summed E-state index contributed by atoms with van der Waals surface area (Å²) < 4.78 is 19.8. The van der Waals surface area contributed by atoms with Crippen LogP contribution in [0.15, 0.2) is 73.0 Å². The highest BCUT2D eigenvalue weighted by Crippen LogP contribution is 2.30. The molecular weight excluding hydrogens is 352 g/mol. The average Bonchev–Trinajstić information content (AvgIpc) is 2.67. The summed E-state index contributed by atoms with van der Waals surface area (Å²) in [6.45, 7) is 0. The predicted octanol–water partition coefficient (Wildman–Crippen LogP) is 3.31. The van der Waals surface area contributed by atoms with Crippen molar-refractivity contribution in [1.82, 2.24) is 0 Å². The third-order valence-corrected chi connectivity index (χ3v) is 3.75. The van der Waals surface area contributed by atoms with Gasteiger partial charge in [-0.25, -0.2) is 9.59 Å². The van der Waals surface area contributed by atoms with Crippen molar-refractivity contribution in [3.8, 4) is 17.2 Å². The van der Waals surface area contributed by atoms with Crippen molar-refractivity contribution in [2.75, 3.05) is 14.2 Å². The quantitative estimate of drug-likeness (QED) is 0.542. The van der Waals surface area contributed by atoms with E-state index in [2.05, 4.69) is 0 Å². The molecule has 27 heavy (non-hydrogen) atoms. The van der Waals surface area contributed by atoms with E-state index in [0.717, 1.165) is 11.1 Å². The van der Waals surface area contributed by atoms with Gasteiger partial charge in [0.15, 0.2) is 11.5 Å². The Morgan fingerprint density at radius 3 is 2.00 bits per heavy atom. The molecule has 0 saturated heterocycles. The molecule has 0 radical (unpaired) electrons. The minimum absolute atomic E-state index is 0.0469. The normalized spacial score (nSPS) is 10.3. The Kier molecular flexibility index (Phi) is 5.12. The summed E-state index contributed by atoms with van der Waals surface area (Å²) in [6.07, 6.45) is 0. The predicted molar refractivity (Wildman–Crippen MR) is 99.7 cm³/mol. The van der Waals surface area contributed by atoms with Crippen LogP contribution in [0, 0.1) is 0 Å². The molecule has 4 rings (SSSR count). The van der Waals surface area contributed by atoms with Crippen LogP contribution in [0.3, 0.4) is 0 Å². The van der Waals surface area contributed by atoms with Crippen LogP contribution in [0.4, 0.5) is 0 Å². The van der Waals surface area contributed by atoms with Gasteiger partial charge in [0, 0.05) is 29.0 Å². The molecule has 1 N–H and O–H groups in total. The van der Waals surface area contributed by atoms with E-state index in [9.17, 15) is 14.7 Å². The SMILES string of the molecule is COc1cc2ccc(=O)oc2cc1O.COc1ccc2oc(=O)ccc2c1. The standard InChI is InChI=1S/C10H8O4.C10H8O3/c1-13-9-4-6-2-3-10(12)14-8(6)5-7(9)11;1-12-8-3-4-9-7(6-8)2-5-10(11)13-9/h2-5,11H,1H3;2-6H,1H3. The Balaban J connectivity index is 0.000000156. The van der Waals surface area contributed by atoms with Crippen molar-refractivity contribution < 1.29 is 23.4 Å². The van der Waals surface area contributed by atoms with Crippen molar-refractivity contribution >= 4 is 21.9 Å². The number of hydrogen-bond donors (Lipinski definition) is 1. The lowest BCUT2D eigenvalue weighted by molar-refractivity contribution is 0.373. The molecule has 0 saturated carbocycles. The smallest absolute Gasteiger partial charge is 0.336 e. The molecule has 0 aliphatic heterocycles. The average molecular weight is 368 g/mol. The maximum absolute atomic E-state index is 10.9. The first kappa shape index (κ1) is 18.1. The zero-order valence-corrected chi connectivity index (χ0v) is 14.6. The molecule has 0 aliphatic rings. The Bertz CT molecular complexity index is 1200. The molecule has 0 aliphatic carbocycles. The molecule has 7 nitrogen and oxygen atoms in total. The topological polar surface area (TPSA) is 99.1 Å². The Morgan fingerprint density at radius 2 is 1.37 bits per heavy atom. The maximum Gasteiger partial charge on any atom is 0.336 e.